The van der Waals surface area contributed by atoms with Crippen LogP contribution in [-0.4, -0.2) is 73.0 Å². The lowest BCUT2D eigenvalue weighted by Crippen LogP contribution is -2.56. The topological polar surface area (TPSA) is 40.7 Å². The molecule has 1 N–H and O–H groups in total. The number of nitrogens with one attached hydrogen (secondary N) is 1. The lowest BCUT2D eigenvalue weighted by Gasteiger charge is -2.48. The van der Waals surface area contributed by atoms with Gasteiger partial charge in [0.05, 0.1) is 32.0 Å². The van der Waals surface area contributed by atoms with Crippen molar-refractivity contribution in [1.82, 2.24) is 14.8 Å². The quantitative estimate of drug-likeness (QED) is 0.537. The zero-order chi connectivity index (χ0) is 24.1. The maximum atomic E-state index is 15.6. The molecule has 3 aliphatic rings. The molecule has 0 bridgehead atoms. The van der Waals surface area contributed by atoms with Gasteiger partial charge in [0.15, 0.2) is 0 Å². The van der Waals surface area contributed by atoms with Crippen molar-refractivity contribution in [3.05, 3.63) is 64.9 Å². The van der Waals surface area contributed by atoms with E-state index < -0.39 is 17.7 Å². The van der Waals surface area contributed by atoms with E-state index >= 15 is 8.78 Å². The molecule has 8 heteroatoms. The number of rotatable bonds is 7. The third-order valence-corrected chi connectivity index (χ3v) is 7.72. The second kappa shape index (κ2) is 9.15. The average molecular weight is 486 g/mol. The first-order valence-corrected chi connectivity index (χ1v) is 12.4. The minimum atomic E-state index is -0.615. The standard InChI is InChI=1S/C27H30F3N3O2/c1-16-8-21-20-4-2-3-5-24(20)31-26(21)27(33(16)18-14-34-15-18)25-22(29)9-19(10-23(25)30)35-7-6-32-12-17(11-28)13-32/h2-5,9-10,16-18,27,31H,6-8,11-15H2,1H3. The summed E-state index contributed by atoms with van der Waals surface area (Å²) < 4.78 is 55.0. The van der Waals surface area contributed by atoms with E-state index in [4.69, 9.17) is 9.47 Å². The Balaban J connectivity index is 1.31. The van der Waals surface area contributed by atoms with Crippen LogP contribution in [0.25, 0.3) is 10.9 Å². The van der Waals surface area contributed by atoms with Gasteiger partial charge in [-0.25, -0.2) is 8.78 Å². The molecule has 3 aliphatic heterocycles. The van der Waals surface area contributed by atoms with E-state index in [-0.39, 0.29) is 36.0 Å². The molecular formula is C27H30F3N3O2. The minimum absolute atomic E-state index is 0.0390. The van der Waals surface area contributed by atoms with Crippen molar-refractivity contribution in [3.63, 3.8) is 0 Å². The summed E-state index contributed by atoms with van der Waals surface area (Å²) in [5.41, 5.74) is 2.98. The number of para-hydroxylation sites is 1. The number of nitrogens with zero attached hydrogens (tertiary/aromatic N) is 2. The third-order valence-electron chi connectivity index (χ3n) is 7.72. The summed E-state index contributed by atoms with van der Waals surface area (Å²) >= 11 is 0. The fraction of sp³-hybridized carbons (Fsp3) is 0.481. The zero-order valence-corrected chi connectivity index (χ0v) is 19.8. The normalized spacial score (nSPS) is 23.8. The van der Waals surface area contributed by atoms with Crippen LogP contribution in [0.4, 0.5) is 13.2 Å². The Morgan fingerprint density at radius 3 is 2.54 bits per heavy atom. The van der Waals surface area contributed by atoms with Crippen LogP contribution in [0.3, 0.4) is 0 Å². The average Bonchev–Trinajstić information content (AvgIpc) is 3.13. The Bertz CT molecular complexity index is 1200. The van der Waals surface area contributed by atoms with Crippen molar-refractivity contribution in [2.24, 2.45) is 5.92 Å². The Labute approximate surface area is 202 Å². The SMILES string of the molecule is CC1Cc2c([nH]c3ccccc23)C(c2c(F)cc(OCCN3CC(CF)C3)cc2F)N1C1COC1. The minimum Gasteiger partial charge on any atom is -0.492 e. The fourth-order valence-corrected chi connectivity index (χ4v) is 5.89. The summed E-state index contributed by atoms with van der Waals surface area (Å²) in [5, 5.41) is 1.10. The Hall–Kier alpha value is -2.55. The van der Waals surface area contributed by atoms with Gasteiger partial charge in [-0.1, -0.05) is 18.2 Å². The van der Waals surface area contributed by atoms with Crippen LogP contribution in [0.15, 0.2) is 36.4 Å². The molecule has 2 unspecified atom stereocenters. The first kappa shape index (κ1) is 22.9. The van der Waals surface area contributed by atoms with Gasteiger partial charge in [0.1, 0.15) is 24.0 Å². The fourth-order valence-electron chi connectivity index (χ4n) is 5.89. The lowest BCUT2D eigenvalue weighted by atomic mass is 9.86. The van der Waals surface area contributed by atoms with Crippen LogP contribution in [0, 0.1) is 17.6 Å². The van der Waals surface area contributed by atoms with Gasteiger partial charge in [0, 0.05) is 65.9 Å². The highest BCUT2D eigenvalue weighted by Gasteiger charge is 2.44. The molecule has 0 saturated carbocycles. The summed E-state index contributed by atoms with van der Waals surface area (Å²) in [7, 11) is 0. The number of likely N-dealkylation sites (tertiary alicyclic amines) is 1. The van der Waals surface area contributed by atoms with Crippen LogP contribution in [0.5, 0.6) is 5.75 Å². The summed E-state index contributed by atoms with van der Waals surface area (Å²) in [6.45, 7) is 5.24. The Morgan fingerprint density at radius 2 is 1.86 bits per heavy atom. The largest absolute Gasteiger partial charge is 0.492 e. The highest BCUT2D eigenvalue weighted by Crippen LogP contribution is 2.44. The number of ether oxygens (including phenoxy) is 2. The molecule has 1 aromatic heterocycles. The number of aromatic amines is 1. The smallest absolute Gasteiger partial charge is 0.135 e. The number of benzene rings is 2. The monoisotopic (exact) mass is 485 g/mol. The van der Waals surface area contributed by atoms with Crippen molar-refractivity contribution < 1.29 is 22.6 Å². The lowest BCUT2D eigenvalue weighted by molar-refractivity contribution is -0.0926. The molecule has 0 spiro atoms. The second-order valence-electron chi connectivity index (χ2n) is 10.1. The molecule has 3 aromatic rings. The van der Waals surface area contributed by atoms with Gasteiger partial charge in [-0.05, 0) is 25.0 Å². The van der Waals surface area contributed by atoms with Gasteiger partial charge >= 0.3 is 0 Å². The van der Waals surface area contributed by atoms with Crippen molar-refractivity contribution in [1.29, 1.82) is 0 Å². The number of alkyl halides is 1. The van der Waals surface area contributed by atoms with Crippen LogP contribution in [-0.2, 0) is 11.2 Å². The van der Waals surface area contributed by atoms with Crippen molar-refractivity contribution in [2.75, 3.05) is 46.1 Å². The summed E-state index contributed by atoms with van der Waals surface area (Å²) in [5.74, 6) is -0.961. The molecule has 35 heavy (non-hydrogen) atoms. The van der Waals surface area contributed by atoms with E-state index in [0.29, 0.717) is 39.5 Å². The first-order chi connectivity index (χ1) is 17.0. The number of H-pyrrole nitrogens is 1. The van der Waals surface area contributed by atoms with Crippen molar-refractivity contribution in [3.8, 4) is 5.75 Å². The van der Waals surface area contributed by atoms with E-state index in [2.05, 4.69) is 27.8 Å². The maximum absolute atomic E-state index is 15.6. The molecule has 0 amide bonds. The molecule has 5 nitrogen and oxygen atoms in total. The molecule has 2 atom stereocenters. The number of hydrogen-bond donors (Lipinski definition) is 1. The maximum Gasteiger partial charge on any atom is 0.135 e. The Kier molecular flexibility index (Phi) is 5.98. The van der Waals surface area contributed by atoms with E-state index in [1.165, 1.54) is 12.1 Å². The second-order valence-corrected chi connectivity index (χ2v) is 10.1. The highest BCUT2D eigenvalue weighted by atomic mass is 19.1. The van der Waals surface area contributed by atoms with E-state index in [0.717, 1.165) is 28.6 Å². The predicted molar refractivity (Wildman–Crippen MR) is 128 cm³/mol. The summed E-state index contributed by atoms with van der Waals surface area (Å²) in [6.07, 6.45) is 0.802. The van der Waals surface area contributed by atoms with Gasteiger partial charge in [-0.2, -0.15) is 0 Å². The molecule has 2 aromatic carbocycles. The van der Waals surface area contributed by atoms with Gasteiger partial charge in [0.25, 0.3) is 0 Å². The van der Waals surface area contributed by atoms with Crippen LogP contribution < -0.4 is 4.74 Å². The van der Waals surface area contributed by atoms with Gasteiger partial charge < -0.3 is 14.5 Å². The van der Waals surface area contributed by atoms with E-state index in [1.54, 1.807) is 0 Å². The van der Waals surface area contributed by atoms with Crippen LogP contribution in [0.2, 0.25) is 0 Å². The highest BCUT2D eigenvalue weighted by molar-refractivity contribution is 5.85. The molecule has 2 fully saturated rings. The Morgan fingerprint density at radius 1 is 1.11 bits per heavy atom. The van der Waals surface area contributed by atoms with Gasteiger partial charge in [0.2, 0.25) is 0 Å². The van der Waals surface area contributed by atoms with Crippen molar-refractivity contribution in [2.45, 2.75) is 31.5 Å². The number of fused-ring (bicyclic) bond motifs is 3. The molecule has 4 heterocycles. The number of halogens is 3. The predicted octanol–water partition coefficient (Wildman–Crippen LogP) is 4.46. The van der Waals surface area contributed by atoms with Crippen LogP contribution >= 0.6 is 0 Å². The number of hydrogen-bond acceptors (Lipinski definition) is 4. The van der Waals surface area contributed by atoms with Gasteiger partial charge in [-0.3, -0.25) is 14.2 Å². The van der Waals surface area contributed by atoms with Crippen molar-refractivity contribution >= 4 is 10.9 Å². The third kappa shape index (κ3) is 4.01. The summed E-state index contributed by atoms with van der Waals surface area (Å²) in [6, 6.07) is 10.2. The molecule has 0 aliphatic carbocycles. The summed E-state index contributed by atoms with van der Waals surface area (Å²) in [4.78, 5) is 7.75. The number of aromatic nitrogens is 1. The zero-order valence-electron chi connectivity index (χ0n) is 19.8. The molecule has 2 saturated heterocycles. The van der Waals surface area contributed by atoms with Crippen LogP contribution in [0.1, 0.15) is 29.8 Å². The first-order valence-electron chi connectivity index (χ1n) is 12.4. The van der Waals surface area contributed by atoms with Gasteiger partial charge in [-0.15, -0.1) is 0 Å². The van der Waals surface area contributed by atoms with E-state index in [1.807, 2.05) is 18.2 Å². The molecule has 186 valence electrons. The molecular weight excluding hydrogens is 455 g/mol. The van der Waals surface area contributed by atoms with E-state index in [9.17, 15) is 4.39 Å². The molecule has 6 rings (SSSR count). The molecule has 0 radical (unpaired) electrons.